The minimum atomic E-state index is -0.262. The number of ether oxygens (including phenoxy) is 2. The molecule has 216 valence electrons. The van der Waals surface area contributed by atoms with Gasteiger partial charge in [-0.25, -0.2) is 4.39 Å². The molecule has 0 bridgehead atoms. The van der Waals surface area contributed by atoms with E-state index in [2.05, 4.69) is 21.6 Å². The van der Waals surface area contributed by atoms with E-state index < -0.39 is 0 Å². The van der Waals surface area contributed by atoms with Gasteiger partial charge in [0.2, 0.25) is 0 Å². The van der Waals surface area contributed by atoms with E-state index in [0.29, 0.717) is 24.8 Å². The van der Waals surface area contributed by atoms with Crippen LogP contribution in [0.5, 0.6) is 11.5 Å². The van der Waals surface area contributed by atoms with Crippen molar-refractivity contribution < 1.29 is 29.3 Å². The molecule has 7 nitrogen and oxygen atoms in total. The molecule has 4 N–H and O–H groups in total. The third-order valence-electron chi connectivity index (χ3n) is 9.18. The average Bonchev–Trinajstić information content (AvgIpc) is 3.51. The SMILES string of the molecule is O=C(c1ccc(O[C@@H]2CC[NH2+]C2)c(C2CCCCC2)c1)N1CCC(Oc2cc(F)cc(N3CC[NH2+]CC3)c2)CC1. The van der Waals surface area contributed by atoms with E-state index in [-0.39, 0.29) is 23.9 Å². The fourth-order valence-electron chi connectivity index (χ4n) is 6.89. The molecular weight excluding hydrogens is 507 g/mol. The number of quaternary nitrogens is 2. The lowest BCUT2D eigenvalue weighted by molar-refractivity contribution is -0.655. The number of amides is 1. The van der Waals surface area contributed by atoms with Crippen LogP contribution in [-0.2, 0) is 0 Å². The number of rotatable bonds is 7. The smallest absolute Gasteiger partial charge is 0.253 e. The normalized spacial score (nSPS) is 22.9. The number of likely N-dealkylation sites (tertiary alicyclic amines) is 1. The van der Waals surface area contributed by atoms with E-state index in [1.807, 2.05) is 23.1 Å². The topological polar surface area (TPSA) is 75.2 Å². The summed E-state index contributed by atoms with van der Waals surface area (Å²) >= 11 is 0. The van der Waals surface area contributed by atoms with Crippen molar-refractivity contribution >= 4 is 11.6 Å². The number of hydrogen-bond donors (Lipinski definition) is 2. The number of benzene rings is 2. The summed E-state index contributed by atoms with van der Waals surface area (Å²) in [7, 11) is 0. The first-order valence-electron chi connectivity index (χ1n) is 15.6. The van der Waals surface area contributed by atoms with E-state index >= 15 is 0 Å². The molecule has 3 aliphatic heterocycles. The van der Waals surface area contributed by atoms with Crippen LogP contribution in [0.15, 0.2) is 36.4 Å². The van der Waals surface area contributed by atoms with Gasteiger partial charge < -0.3 is 29.9 Å². The molecule has 8 heteroatoms. The van der Waals surface area contributed by atoms with Crippen molar-refractivity contribution in [3.63, 3.8) is 0 Å². The monoisotopic (exact) mass is 552 g/mol. The molecule has 3 heterocycles. The van der Waals surface area contributed by atoms with E-state index in [0.717, 1.165) is 75.5 Å². The minimum Gasteiger partial charge on any atom is -0.490 e. The third kappa shape index (κ3) is 6.55. The van der Waals surface area contributed by atoms with Crippen molar-refractivity contribution in [3.8, 4) is 11.5 Å². The Balaban J connectivity index is 1.09. The summed E-state index contributed by atoms with van der Waals surface area (Å²) in [4.78, 5) is 17.8. The third-order valence-corrected chi connectivity index (χ3v) is 9.18. The number of piperazine rings is 1. The number of nitrogens with zero attached hydrogens (tertiary/aromatic N) is 2. The number of nitrogens with two attached hydrogens (primary N) is 2. The van der Waals surface area contributed by atoms with Crippen LogP contribution in [0.2, 0.25) is 0 Å². The molecule has 0 spiro atoms. The highest BCUT2D eigenvalue weighted by Crippen LogP contribution is 2.39. The Hall–Kier alpha value is -2.84. The Labute approximate surface area is 237 Å². The van der Waals surface area contributed by atoms with Gasteiger partial charge in [-0.3, -0.25) is 4.79 Å². The number of anilines is 1. The first-order valence-corrected chi connectivity index (χ1v) is 15.6. The summed E-state index contributed by atoms with van der Waals surface area (Å²) in [5.41, 5.74) is 2.88. The number of carbonyl (C=O) groups excluding carboxylic acids is 1. The maximum atomic E-state index is 14.4. The Kier molecular flexibility index (Phi) is 8.73. The van der Waals surface area contributed by atoms with Gasteiger partial charge in [0.05, 0.1) is 32.7 Å². The molecular formula is C32H45FN4O3+2. The molecule has 4 fully saturated rings. The predicted molar refractivity (Wildman–Crippen MR) is 153 cm³/mol. The number of piperidine rings is 1. The van der Waals surface area contributed by atoms with Crippen LogP contribution in [0.1, 0.15) is 73.2 Å². The van der Waals surface area contributed by atoms with Crippen LogP contribution < -0.4 is 25.0 Å². The van der Waals surface area contributed by atoms with Crippen LogP contribution in [0.25, 0.3) is 0 Å². The van der Waals surface area contributed by atoms with Crippen molar-refractivity contribution in [1.82, 2.24) is 4.90 Å². The molecule has 6 rings (SSSR count). The van der Waals surface area contributed by atoms with Gasteiger partial charge in [-0.2, -0.15) is 0 Å². The fraction of sp³-hybridized carbons (Fsp3) is 0.594. The summed E-state index contributed by atoms with van der Waals surface area (Å²) in [5.74, 6) is 1.86. The van der Waals surface area contributed by atoms with E-state index in [1.165, 1.54) is 43.7 Å². The van der Waals surface area contributed by atoms with E-state index in [4.69, 9.17) is 9.47 Å². The maximum absolute atomic E-state index is 14.4. The zero-order valence-electron chi connectivity index (χ0n) is 23.7. The maximum Gasteiger partial charge on any atom is 0.253 e. The van der Waals surface area contributed by atoms with Crippen LogP contribution in [0, 0.1) is 5.82 Å². The summed E-state index contributed by atoms with van der Waals surface area (Å²) in [5, 5.41) is 4.60. The van der Waals surface area contributed by atoms with Crippen molar-refractivity contribution in [2.75, 3.05) is 57.3 Å². The molecule has 3 saturated heterocycles. The van der Waals surface area contributed by atoms with Gasteiger partial charge in [-0.05, 0) is 48.6 Å². The van der Waals surface area contributed by atoms with E-state index in [9.17, 15) is 9.18 Å². The second kappa shape index (κ2) is 12.8. The lowest BCUT2D eigenvalue weighted by Gasteiger charge is -2.33. The Morgan fingerprint density at radius 3 is 2.35 bits per heavy atom. The summed E-state index contributed by atoms with van der Waals surface area (Å²) in [6.45, 7) is 7.29. The first-order chi connectivity index (χ1) is 19.6. The second-order valence-electron chi connectivity index (χ2n) is 12.0. The van der Waals surface area contributed by atoms with Crippen molar-refractivity contribution in [2.24, 2.45) is 0 Å². The Morgan fingerprint density at radius 1 is 0.800 bits per heavy atom. The molecule has 0 radical (unpaired) electrons. The molecule has 2 aromatic carbocycles. The summed E-state index contributed by atoms with van der Waals surface area (Å²) < 4.78 is 27.1. The van der Waals surface area contributed by atoms with Gasteiger partial charge in [0.15, 0.2) is 6.10 Å². The molecule has 1 amide bonds. The highest BCUT2D eigenvalue weighted by atomic mass is 19.1. The fourth-order valence-corrected chi connectivity index (χ4v) is 6.89. The standard InChI is InChI=1S/C32H43FN4O3/c33-25-19-26(36-16-12-34-13-17-36)21-29(20-25)39-27-9-14-37(15-10-27)32(38)24-6-7-31(40-28-8-11-35-22-28)30(18-24)23-4-2-1-3-5-23/h6-7,18-21,23,27-28,34-35H,1-5,8-17,22H2/p+2/t28-/m1/s1. The van der Waals surface area contributed by atoms with Crippen LogP contribution in [0.4, 0.5) is 10.1 Å². The number of halogens is 1. The molecule has 1 aliphatic carbocycles. The highest BCUT2D eigenvalue weighted by Gasteiger charge is 2.28. The largest absolute Gasteiger partial charge is 0.490 e. The summed E-state index contributed by atoms with van der Waals surface area (Å²) in [6, 6.07) is 11.2. The van der Waals surface area contributed by atoms with E-state index in [1.54, 1.807) is 6.07 Å². The lowest BCUT2D eigenvalue weighted by Crippen LogP contribution is -2.89. The second-order valence-corrected chi connectivity index (χ2v) is 12.0. The van der Waals surface area contributed by atoms with Crippen molar-refractivity contribution in [1.29, 1.82) is 0 Å². The van der Waals surface area contributed by atoms with Crippen LogP contribution in [-0.4, -0.2) is 75.4 Å². The molecule has 0 aromatic heterocycles. The van der Waals surface area contributed by atoms with Gasteiger partial charge in [-0.15, -0.1) is 0 Å². The van der Waals surface area contributed by atoms with Crippen molar-refractivity contribution in [2.45, 2.75) is 69.5 Å². The van der Waals surface area contributed by atoms with Crippen molar-refractivity contribution in [3.05, 3.63) is 53.3 Å². The molecule has 40 heavy (non-hydrogen) atoms. The minimum absolute atomic E-state index is 0.0230. The average molecular weight is 553 g/mol. The lowest BCUT2D eigenvalue weighted by atomic mass is 9.83. The zero-order valence-corrected chi connectivity index (χ0v) is 23.7. The molecule has 2 aromatic rings. The summed E-state index contributed by atoms with van der Waals surface area (Å²) in [6.07, 6.45) is 8.93. The number of hydrogen-bond acceptors (Lipinski definition) is 4. The first kappa shape index (κ1) is 27.3. The molecule has 4 aliphatic rings. The number of carbonyl (C=O) groups is 1. The highest BCUT2D eigenvalue weighted by molar-refractivity contribution is 5.94. The van der Waals surface area contributed by atoms with Gasteiger partial charge in [0.1, 0.15) is 30.0 Å². The van der Waals surface area contributed by atoms with Crippen LogP contribution in [0.3, 0.4) is 0 Å². The Bertz CT molecular complexity index is 1150. The quantitative estimate of drug-likeness (QED) is 0.554. The van der Waals surface area contributed by atoms with Crippen LogP contribution >= 0.6 is 0 Å². The zero-order chi connectivity index (χ0) is 27.3. The predicted octanol–water partition coefficient (Wildman–Crippen LogP) is 2.65. The van der Waals surface area contributed by atoms with Gasteiger partial charge >= 0.3 is 0 Å². The molecule has 1 atom stereocenters. The van der Waals surface area contributed by atoms with Gasteiger partial charge in [0.25, 0.3) is 5.91 Å². The Morgan fingerprint density at radius 2 is 1.60 bits per heavy atom. The van der Waals surface area contributed by atoms with Gasteiger partial charge in [-0.1, -0.05) is 19.3 Å². The molecule has 0 unspecified atom stereocenters. The molecule has 1 saturated carbocycles. The van der Waals surface area contributed by atoms with Gasteiger partial charge in [0, 0.05) is 55.7 Å².